The van der Waals surface area contributed by atoms with Gasteiger partial charge in [-0.2, -0.15) is 0 Å². The zero-order valence-electron chi connectivity index (χ0n) is 11.7. The Labute approximate surface area is 130 Å². The molecule has 3 rings (SSSR count). The lowest BCUT2D eigenvalue weighted by molar-refractivity contribution is 0.102. The molecule has 0 saturated carbocycles. The van der Waals surface area contributed by atoms with E-state index in [1.807, 2.05) is 31.2 Å². The number of amides is 1. The van der Waals surface area contributed by atoms with E-state index in [0.717, 1.165) is 11.1 Å². The lowest BCUT2D eigenvalue weighted by atomic mass is 10.2. The van der Waals surface area contributed by atoms with Crippen LogP contribution in [0.25, 0.3) is 10.6 Å². The van der Waals surface area contributed by atoms with Gasteiger partial charge in [0.05, 0.1) is 5.56 Å². The highest BCUT2D eigenvalue weighted by atomic mass is 32.1. The van der Waals surface area contributed by atoms with Crippen molar-refractivity contribution in [2.24, 2.45) is 0 Å². The summed E-state index contributed by atoms with van der Waals surface area (Å²) in [7, 11) is 0. The first kappa shape index (κ1) is 14.3. The Hall–Kier alpha value is -2.60. The van der Waals surface area contributed by atoms with Crippen molar-refractivity contribution in [2.75, 3.05) is 5.32 Å². The number of carbonyl (C=O) groups excluding carboxylic acids is 1. The van der Waals surface area contributed by atoms with Crippen molar-refractivity contribution >= 4 is 22.4 Å². The first-order chi connectivity index (χ1) is 10.6. The van der Waals surface area contributed by atoms with Crippen LogP contribution in [0, 0.1) is 12.7 Å². The molecule has 1 amide bonds. The Morgan fingerprint density at radius 1 is 1.09 bits per heavy atom. The van der Waals surface area contributed by atoms with E-state index >= 15 is 0 Å². The zero-order chi connectivity index (χ0) is 15.5. The van der Waals surface area contributed by atoms with E-state index in [2.05, 4.69) is 15.5 Å². The van der Waals surface area contributed by atoms with Gasteiger partial charge in [-0.25, -0.2) is 4.39 Å². The first-order valence-electron chi connectivity index (χ1n) is 6.60. The molecule has 3 aromatic rings. The minimum absolute atomic E-state index is 0.0189. The third kappa shape index (κ3) is 3.01. The Morgan fingerprint density at radius 3 is 2.55 bits per heavy atom. The molecule has 0 atom stereocenters. The van der Waals surface area contributed by atoms with Gasteiger partial charge in [-0.05, 0) is 19.1 Å². The first-order valence-corrected chi connectivity index (χ1v) is 7.41. The molecule has 22 heavy (non-hydrogen) atoms. The molecule has 1 heterocycles. The predicted molar refractivity (Wildman–Crippen MR) is 84.4 cm³/mol. The van der Waals surface area contributed by atoms with Crippen molar-refractivity contribution in [3.05, 3.63) is 65.5 Å². The van der Waals surface area contributed by atoms with Gasteiger partial charge < -0.3 is 0 Å². The normalized spacial score (nSPS) is 10.5. The molecule has 0 spiro atoms. The molecule has 6 heteroatoms. The van der Waals surface area contributed by atoms with E-state index in [1.165, 1.54) is 29.5 Å². The van der Waals surface area contributed by atoms with Gasteiger partial charge in [0, 0.05) is 5.56 Å². The van der Waals surface area contributed by atoms with Crippen LogP contribution < -0.4 is 5.32 Å². The standard InChI is InChI=1S/C16H12FN3OS/c1-10-6-8-11(9-7-10)15-19-20-16(22-15)18-14(21)12-4-2-3-5-13(12)17/h2-9H,1H3,(H,18,20,21). The number of nitrogens with zero attached hydrogens (tertiary/aromatic N) is 2. The van der Waals surface area contributed by atoms with Crippen LogP contribution in [-0.2, 0) is 0 Å². The van der Waals surface area contributed by atoms with E-state index < -0.39 is 11.7 Å². The maximum absolute atomic E-state index is 13.6. The summed E-state index contributed by atoms with van der Waals surface area (Å²) in [4.78, 5) is 12.0. The molecule has 0 aliphatic rings. The molecule has 0 saturated heterocycles. The number of hydrogen-bond donors (Lipinski definition) is 1. The lowest BCUT2D eigenvalue weighted by Crippen LogP contribution is -2.13. The summed E-state index contributed by atoms with van der Waals surface area (Å²) in [6.07, 6.45) is 0. The molecule has 0 fully saturated rings. The molecule has 1 N–H and O–H groups in total. The van der Waals surface area contributed by atoms with E-state index in [4.69, 9.17) is 0 Å². The molecule has 2 aromatic carbocycles. The summed E-state index contributed by atoms with van der Waals surface area (Å²) >= 11 is 1.24. The quantitative estimate of drug-likeness (QED) is 0.797. The van der Waals surface area contributed by atoms with Gasteiger partial charge in [0.15, 0.2) is 0 Å². The molecular weight excluding hydrogens is 301 g/mol. The van der Waals surface area contributed by atoms with Crippen LogP contribution in [0.3, 0.4) is 0 Å². The fourth-order valence-corrected chi connectivity index (χ4v) is 2.64. The number of halogens is 1. The summed E-state index contributed by atoms with van der Waals surface area (Å²) in [5.41, 5.74) is 2.06. The van der Waals surface area contributed by atoms with Gasteiger partial charge in [-0.3, -0.25) is 10.1 Å². The van der Waals surface area contributed by atoms with Gasteiger partial charge in [0.25, 0.3) is 5.91 Å². The molecule has 0 radical (unpaired) electrons. The zero-order valence-corrected chi connectivity index (χ0v) is 12.5. The van der Waals surface area contributed by atoms with Crippen LogP contribution in [0.4, 0.5) is 9.52 Å². The predicted octanol–water partition coefficient (Wildman–Crippen LogP) is 3.90. The fourth-order valence-electron chi connectivity index (χ4n) is 1.90. The van der Waals surface area contributed by atoms with E-state index in [1.54, 1.807) is 6.07 Å². The second-order valence-corrected chi connectivity index (χ2v) is 5.69. The van der Waals surface area contributed by atoms with E-state index in [-0.39, 0.29) is 5.56 Å². The molecule has 0 bridgehead atoms. The molecule has 4 nitrogen and oxygen atoms in total. The average molecular weight is 313 g/mol. The second kappa shape index (κ2) is 6.03. The Bertz CT molecular complexity index is 814. The number of hydrogen-bond acceptors (Lipinski definition) is 4. The van der Waals surface area contributed by atoms with Gasteiger partial charge in [-0.1, -0.05) is 53.3 Å². The molecule has 0 unspecified atom stereocenters. The maximum atomic E-state index is 13.6. The van der Waals surface area contributed by atoms with Crippen molar-refractivity contribution in [3.8, 4) is 10.6 Å². The third-order valence-electron chi connectivity index (χ3n) is 3.06. The van der Waals surface area contributed by atoms with Crippen LogP contribution >= 0.6 is 11.3 Å². The third-order valence-corrected chi connectivity index (χ3v) is 3.95. The van der Waals surface area contributed by atoms with E-state index in [0.29, 0.717) is 10.1 Å². The van der Waals surface area contributed by atoms with Crippen molar-refractivity contribution in [1.29, 1.82) is 0 Å². The van der Waals surface area contributed by atoms with Crippen LogP contribution in [0.15, 0.2) is 48.5 Å². The van der Waals surface area contributed by atoms with Gasteiger partial charge >= 0.3 is 0 Å². The number of carbonyl (C=O) groups is 1. The molecule has 110 valence electrons. The highest BCUT2D eigenvalue weighted by molar-refractivity contribution is 7.18. The van der Waals surface area contributed by atoms with Crippen molar-refractivity contribution in [1.82, 2.24) is 10.2 Å². The smallest absolute Gasteiger partial charge is 0.260 e. The van der Waals surface area contributed by atoms with Gasteiger partial charge in [0.2, 0.25) is 5.13 Å². The van der Waals surface area contributed by atoms with Crippen LogP contribution in [0.5, 0.6) is 0 Å². The number of benzene rings is 2. The Morgan fingerprint density at radius 2 is 1.82 bits per heavy atom. The number of nitrogens with one attached hydrogen (secondary N) is 1. The molecule has 0 aliphatic heterocycles. The maximum Gasteiger partial charge on any atom is 0.260 e. The highest BCUT2D eigenvalue weighted by Gasteiger charge is 2.14. The lowest BCUT2D eigenvalue weighted by Gasteiger charge is -2.01. The summed E-state index contributed by atoms with van der Waals surface area (Å²) in [6.45, 7) is 2.00. The topological polar surface area (TPSA) is 54.9 Å². The second-order valence-electron chi connectivity index (χ2n) is 4.71. The number of aromatic nitrogens is 2. The highest BCUT2D eigenvalue weighted by Crippen LogP contribution is 2.26. The van der Waals surface area contributed by atoms with Crippen LogP contribution in [0.1, 0.15) is 15.9 Å². The number of anilines is 1. The summed E-state index contributed by atoms with van der Waals surface area (Å²) in [6, 6.07) is 13.7. The Balaban J connectivity index is 1.78. The summed E-state index contributed by atoms with van der Waals surface area (Å²) < 4.78 is 13.6. The van der Waals surface area contributed by atoms with Crippen molar-refractivity contribution < 1.29 is 9.18 Å². The van der Waals surface area contributed by atoms with Crippen molar-refractivity contribution in [3.63, 3.8) is 0 Å². The average Bonchev–Trinajstić information content (AvgIpc) is 2.97. The van der Waals surface area contributed by atoms with Gasteiger partial charge in [0.1, 0.15) is 10.8 Å². The van der Waals surface area contributed by atoms with Crippen LogP contribution in [-0.4, -0.2) is 16.1 Å². The van der Waals surface area contributed by atoms with Gasteiger partial charge in [-0.15, -0.1) is 10.2 Å². The SMILES string of the molecule is Cc1ccc(-c2nnc(NC(=O)c3ccccc3F)s2)cc1. The molecule has 1 aromatic heterocycles. The number of rotatable bonds is 3. The number of aryl methyl sites for hydroxylation is 1. The summed E-state index contributed by atoms with van der Waals surface area (Å²) in [5.74, 6) is -1.10. The minimum atomic E-state index is -0.566. The monoisotopic (exact) mass is 313 g/mol. The summed E-state index contributed by atoms with van der Waals surface area (Å²) in [5, 5.41) is 11.6. The fraction of sp³-hybridized carbons (Fsp3) is 0.0625. The molecular formula is C16H12FN3OS. The van der Waals surface area contributed by atoms with Crippen LogP contribution in [0.2, 0.25) is 0 Å². The minimum Gasteiger partial charge on any atom is -0.296 e. The van der Waals surface area contributed by atoms with E-state index in [9.17, 15) is 9.18 Å². The molecule has 0 aliphatic carbocycles. The largest absolute Gasteiger partial charge is 0.296 e. The van der Waals surface area contributed by atoms with Crippen molar-refractivity contribution in [2.45, 2.75) is 6.92 Å². The Kier molecular flexibility index (Phi) is 3.93.